The van der Waals surface area contributed by atoms with E-state index in [1.807, 2.05) is 27.0 Å². The van der Waals surface area contributed by atoms with E-state index in [0.717, 1.165) is 47.1 Å². The first-order valence-electron chi connectivity index (χ1n) is 14.0. The fourth-order valence-corrected chi connectivity index (χ4v) is 8.13. The average molecular weight is 516 g/mol. The van der Waals surface area contributed by atoms with E-state index in [2.05, 4.69) is 59.7 Å². The Morgan fingerprint density at radius 1 is 1.11 bits per heavy atom. The van der Waals surface area contributed by atoms with E-state index >= 15 is 0 Å². The molecule has 3 aliphatic carbocycles. The minimum absolute atomic E-state index is 0.0140. The first-order chi connectivity index (χ1) is 17.5. The van der Waals surface area contributed by atoms with Gasteiger partial charge in [0.15, 0.2) is 11.6 Å². The van der Waals surface area contributed by atoms with Gasteiger partial charge in [-0.15, -0.1) is 0 Å². The summed E-state index contributed by atoms with van der Waals surface area (Å²) in [5.41, 5.74) is 9.50. The van der Waals surface area contributed by atoms with E-state index in [9.17, 15) is 9.59 Å². The van der Waals surface area contributed by atoms with Crippen molar-refractivity contribution in [3.63, 3.8) is 0 Å². The largest absolute Gasteiger partial charge is 0.393 e. The quantitative estimate of drug-likeness (QED) is 0.226. The van der Waals surface area contributed by atoms with Crippen molar-refractivity contribution in [2.24, 2.45) is 21.4 Å². The van der Waals surface area contributed by atoms with Crippen molar-refractivity contribution in [3.05, 3.63) is 62.8 Å². The summed E-state index contributed by atoms with van der Waals surface area (Å²) in [5.74, 6) is 0.197. The summed E-state index contributed by atoms with van der Waals surface area (Å²) in [6.45, 7) is 27.6. The Balaban J connectivity index is 1.99. The number of ketones is 2. The molecule has 4 heteroatoms. The second-order valence-electron chi connectivity index (χ2n) is 13.4. The van der Waals surface area contributed by atoms with Gasteiger partial charge in [-0.05, 0) is 130 Å². The Hall–Kier alpha value is -2.75. The second kappa shape index (κ2) is 9.17. The average Bonchev–Trinajstić information content (AvgIpc) is 2.76. The molecular formula is C34H45NO3. The number of carbonyl (C=O) groups is 2. The van der Waals surface area contributed by atoms with Crippen LogP contribution in [0.1, 0.15) is 116 Å². The van der Waals surface area contributed by atoms with Gasteiger partial charge in [-0.2, -0.15) is 0 Å². The predicted molar refractivity (Wildman–Crippen MR) is 156 cm³/mol. The Morgan fingerprint density at radius 2 is 1.74 bits per heavy atom. The summed E-state index contributed by atoms with van der Waals surface area (Å²) in [6, 6.07) is 2.27. The van der Waals surface area contributed by atoms with Crippen molar-refractivity contribution in [1.29, 1.82) is 0 Å². The fraction of sp³-hybridized carbons (Fsp3) is 0.559. The third-order valence-corrected chi connectivity index (χ3v) is 9.86. The van der Waals surface area contributed by atoms with Crippen LogP contribution in [0.2, 0.25) is 0 Å². The normalized spacial score (nSPS) is 29.3. The van der Waals surface area contributed by atoms with Crippen LogP contribution in [0.4, 0.5) is 0 Å². The predicted octanol–water partition coefficient (Wildman–Crippen LogP) is 8.06. The molecule has 0 aliphatic heterocycles. The third kappa shape index (κ3) is 3.89. The molecule has 0 unspecified atom stereocenters. The molecule has 0 N–H and O–H groups in total. The van der Waals surface area contributed by atoms with Crippen LogP contribution >= 0.6 is 0 Å². The van der Waals surface area contributed by atoms with Crippen molar-refractivity contribution in [3.8, 4) is 0 Å². The SMILES string of the molecule is C=C1C2=C(C)[C@]3(C)C(=O)C(C(C)=O)=C(C)C[C@]3(C)C[C@]2(C)Cc2c(C(C)C)cc(/C=N/OC(C)C)c(C)c21. The summed E-state index contributed by atoms with van der Waals surface area (Å²) in [4.78, 5) is 32.2. The Labute approximate surface area is 229 Å². The van der Waals surface area contributed by atoms with Crippen LogP contribution in [0.25, 0.3) is 5.57 Å². The van der Waals surface area contributed by atoms with Gasteiger partial charge < -0.3 is 4.84 Å². The van der Waals surface area contributed by atoms with Crippen molar-refractivity contribution in [1.82, 2.24) is 0 Å². The van der Waals surface area contributed by atoms with Gasteiger partial charge in [0.05, 0.1) is 17.2 Å². The molecule has 38 heavy (non-hydrogen) atoms. The van der Waals surface area contributed by atoms with Gasteiger partial charge in [0.25, 0.3) is 0 Å². The number of Topliss-reactive ketones (excluding diaryl/α,β-unsaturated/α-hetero) is 2. The number of nitrogens with zero attached hydrogens (tertiary/aromatic N) is 1. The zero-order valence-electron chi connectivity index (χ0n) is 25.3. The molecule has 4 rings (SSSR count). The topological polar surface area (TPSA) is 55.7 Å². The molecule has 0 saturated heterocycles. The first-order valence-corrected chi connectivity index (χ1v) is 14.0. The van der Waals surface area contributed by atoms with Crippen LogP contribution in [0.5, 0.6) is 0 Å². The Morgan fingerprint density at radius 3 is 2.29 bits per heavy atom. The number of carbonyl (C=O) groups excluding carboxylic acids is 2. The summed E-state index contributed by atoms with van der Waals surface area (Å²) < 4.78 is 0. The first kappa shape index (κ1) is 28.3. The molecule has 1 aromatic rings. The third-order valence-electron chi connectivity index (χ3n) is 9.86. The molecule has 0 heterocycles. The van der Waals surface area contributed by atoms with Crippen LogP contribution < -0.4 is 0 Å². The second-order valence-corrected chi connectivity index (χ2v) is 13.4. The lowest BCUT2D eigenvalue weighted by atomic mass is 9.42. The zero-order valence-corrected chi connectivity index (χ0v) is 25.3. The van der Waals surface area contributed by atoms with E-state index in [0.29, 0.717) is 11.5 Å². The number of benzene rings is 1. The molecule has 204 valence electrons. The summed E-state index contributed by atoms with van der Waals surface area (Å²) >= 11 is 0. The lowest BCUT2D eigenvalue weighted by Crippen LogP contribution is -2.56. The molecule has 0 aromatic heterocycles. The number of rotatable bonds is 5. The molecule has 0 bridgehead atoms. The highest BCUT2D eigenvalue weighted by molar-refractivity contribution is 6.23. The fourth-order valence-electron chi connectivity index (χ4n) is 8.13. The van der Waals surface area contributed by atoms with E-state index in [1.165, 1.54) is 29.2 Å². The summed E-state index contributed by atoms with van der Waals surface area (Å²) in [5, 5.41) is 4.25. The van der Waals surface area contributed by atoms with Crippen LogP contribution in [-0.2, 0) is 20.8 Å². The van der Waals surface area contributed by atoms with Crippen LogP contribution in [0.15, 0.2) is 40.1 Å². The van der Waals surface area contributed by atoms with Crippen LogP contribution in [0.3, 0.4) is 0 Å². The highest BCUT2D eigenvalue weighted by atomic mass is 16.6. The number of fused-ring (bicyclic) bond motifs is 3. The van der Waals surface area contributed by atoms with Gasteiger partial charge in [-0.3, -0.25) is 9.59 Å². The number of oxime groups is 1. The maximum Gasteiger partial charge on any atom is 0.176 e. The molecule has 0 amide bonds. The maximum atomic E-state index is 14.1. The van der Waals surface area contributed by atoms with Gasteiger partial charge >= 0.3 is 0 Å². The molecule has 4 nitrogen and oxygen atoms in total. The monoisotopic (exact) mass is 515 g/mol. The molecule has 0 radical (unpaired) electrons. The smallest absolute Gasteiger partial charge is 0.176 e. The van der Waals surface area contributed by atoms with E-state index in [-0.39, 0.29) is 28.5 Å². The zero-order chi connectivity index (χ0) is 28.5. The number of allylic oxidation sites excluding steroid dienone is 5. The standard InChI is InChI=1S/C34H45NO3/c1-18(2)26-13-25(16-35-38-19(3)4)21(6)29-22(7)30-23(8)34(12)31(37)28(24(9)36)20(5)14-33(34,11)17-32(30,10)15-27(26)29/h13,16,18-19H,7,14-15,17H2,1-6,8-12H3/b35-16+/t32-,33+,34+/m0/s1. The Bertz CT molecular complexity index is 1350. The molecule has 0 saturated carbocycles. The van der Waals surface area contributed by atoms with Gasteiger partial charge in [-0.25, -0.2) is 0 Å². The highest BCUT2D eigenvalue weighted by Gasteiger charge is 2.62. The lowest BCUT2D eigenvalue weighted by molar-refractivity contribution is -0.134. The van der Waals surface area contributed by atoms with Gasteiger partial charge in [0, 0.05) is 0 Å². The highest BCUT2D eigenvalue weighted by Crippen LogP contribution is 2.68. The maximum absolute atomic E-state index is 14.1. The molecular weight excluding hydrogens is 470 g/mol. The van der Waals surface area contributed by atoms with Crippen molar-refractivity contribution in [2.45, 2.75) is 107 Å². The van der Waals surface area contributed by atoms with Gasteiger partial charge in [0.1, 0.15) is 6.10 Å². The van der Waals surface area contributed by atoms with Gasteiger partial charge in [0.2, 0.25) is 0 Å². The summed E-state index contributed by atoms with van der Waals surface area (Å²) in [6.07, 6.45) is 4.37. The van der Waals surface area contributed by atoms with E-state index < -0.39 is 5.41 Å². The molecule has 0 fully saturated rings. The van der Waals surface area contributed by atoms with Crippen molar-refractivity contribution < 1.29 is 14.4 Å². The van der Waals surface area contributed by atoms with E-state index in [4.69, 9.17) is 11.4 Å². The minimum Gasteiger partial charge on any atom is -0.393 e. The van der Waals surface area contributed by atoms with Gasteiger partial charge in [-0.1, -0.05) is 50.6 Å². The summed E-state index contributed by atoms with van der Waals surface area (Å²) in [7, 11) is 0. The molecule has 1 aromatic carbocycles. The Kier molecular flexibility index (Phi) is 6.82. The van der Waals surface area contributed by atoms with Crippen LogP contribution in [0, 0.1) is 23.2 Å². The lowest BCUT2D eigenvalue weighted by Gasteiger charge is -2.60. The van der Waals surface area contributed by atoms with Crippen molar-refractivity contribution in [2.75, 3.05) is 0 Å². The molecule has 0 spiro atoms. The minimum atomic E-state index is -0.748. The number of hydrogen-bond acceptors (Lipinski definition) is 4. The molecule has 3 aliphatic rings. The van der Waals surface area contributed by atoms with Crippen molar-refractivity contribution >= 4 is 23.4 Å². The van der Waals surface area contributed by atoms with E-state index in [1.54, 1.807) is 0 Å². The number of hydrogen-bond donors (Lipinski definition) is 0. The van der Waals surface area contributed by atoms with Crippen LogP contribution in [-0.4, -0.2) is 23.9 Å². The molecule has 3 atom stereocenters.